The molecule has 2 fully saturated rings. The van der Waals surface area contributed by atoms with Gasteiger partial charge in [-0.1, -0.05) is 12.1 Å². The van der Waals surface area contributed by atoms with E-state index in [0.717, 1.165) is 76.5 Å². The highest BCUT2D eigenvalue weighted by Gasteiger charge is 2.30. The van der Waals surface area contributed by atoms with Crippen molar-refractivity contribution in [3.05, 3.63) is 35.4 Å². The maximum absolute atomic E-state index is 12.6. The number of carbonyl (C=O) groups is 3. The monoisotopic (exact) mass is 489 g/mol. The number of rotatable bonds is 6. The van der Waals surface area contributed by atoms with Gasteiger partial charge in [0.2, 0.25) is 5.91 Å². The molecule has 2 aliphatic rings. The summed E-state index contributed by atoms with van der Waals surface area (Å²) in [5.41, 5.74) is 0.241. The third-order valence-electron chi connectivity index (χ3n) is 5.66. The fraction of sp³-hybridized carbons (Fsp3) is 0.591. The third kappa shape index (κ3) is 9.65. The normalized spacial score (nSPS) is 18.0. The van der Waals surface area contributed by atoms with Gasteiger partial charge in [-0.25, -0.2) is 9.59 Å². The quantitative estimate of drug-likeness (QED) is 0.515. The van der Waals surface area contributed by atoms with Crippen molar-refractivity contribution in [3.8, 4) is 0 Å². The number of amides is 1. The van der Waals surface area contributed by atoms with E-state index >= 15 is 0 Å². The van der Waals surface area contributed by atoms with Crippen molar-refractivity contribution in [1.29, 1.82) is 0 Å². The maximum atomic E-state index is 12.6. The van der Waals surface area contributed by atoms with E-state index in [2.05, 4.69) is 15.1 Å². The van der Waals surface area contributed by atoms with Gasteiger partial charge < -0.3 is 20.3 Å². The first-order valence-electron chi connectivity index (χ1n) is 11.0. The Labute approximate surface area is 195 Å². The van der Waals surface area contributed by atoms with Crippen molar-refractivity contribution in [2.75, 3.05) is 52.5 Å². The van der Waals surface area contributed by atoms with Crippen LogP contribution in [0, 0.1) is 5.92 Å². The summed E-state index contributed by atoms with van der Waals surface area (Å²) in [6.45, 7) is 7.02. The Morgan fingerprint density at radius 3 is 2.00 bits per heavy atom. The zero-order valence-corrected chi connectivity index (χ0v) is 18.7. The highest BCUT2D eigenvalue weighted by molar-refractivity contribution is 6.27. The number of benzene rings is 1. The molecule has 2 saturated heterocycles. The molecule has 190 valence electrons. The lowest BCUT2D eigenvalue weighted by Crippen LogP contribution is -2.44. The minimum absolute atomic E-state index is 0.0218. The molecule has 2 heterocycles. The third-order valence-corrected chi connectivity index (χ3v) is 5.66. The molecule has 0 aromatic heterocycles. The highest BCUT2D eigenvalue weighted by Crippen LogP contribution is 2.29. The number of nitrogens with one attached hydrogen (secondary N) is 1. The van der Waals surface area contributed by atoms with E-state index in [1.165, 1.54) is 12.1 Å². The Morgan fingerprint density at radius 2 is 1.50 bits per heavy atom. The lowest BCUT2D eigenvalue weighted by atomic mass is 9.95. The molecule has 1 aromatic rings. The lowest BCUT2D eigenvalue weighted by Gasteiger charge is -2.31. The summed E-state index contributed by atoms with van der Waals surface area (Å²) in [5.74, 6) is -3.51. The number of carbonyl (C=O) groups excluding carboxylic acids is 1. The van der Waals surface area contributed by atoms with Gasteiger partial charge in [-0.3, -0.25) is 14.6 Å². The van der Waals surface area contributed by atoms with Gasteiger partial charge in [0.15, 0.2) is 0 Å². The van der Waals surface area contributed by atoms with E-state index < -0.39 is 23.7 Å². The van der Waals surface area contributed by atoms with Gasteiger partial charge >= 0.3 is 18.1 Å². The van der Waals surface area contributed by atoms with Crippen LogP contribution in [0.2, 0.25) is 0 Å². The van der Waals surface area contributed by atoms with Crippen LogP contribution in [0.25, 0.3) is 0 Å². The van der Waals surface area contributed by atoms with Crippen LogP contribution in [-0.2, 0) is 31.8 Å². The van der Waals surface area contributed by atoms with Gasteiger partial charge in [0.25, 0.3) is 0 Å². The second-order valence-corrected chi connectivity index (χ2v) is 8.10. The molecule has 0 bridgehead atoms. The number of piperidine rings is 1. The van der Waals surface area contributed by atoms with Crippen LogP contribution in [-0.4, -0.2) is 90.3 Å². The molecular weight excluding hydrogens is 459 g/mol. The molecule has 12 heteroatoms. The molecule has 0 unspecified atom stereocenters. The first-order chi connectivity index (χ1) is 16.1. The smallest absolute Gasteiger partial charge is 0.416 e. The minimum atomic E-state index is -4.30. The van der Waals surface area contributed by atoms with E-state index in [0.29, 0.717) is 13.1 Å². The molecule has 34 heavy (non-hydrogen) atoms. The van der Waals surface area contributed by atoms with Crippen LogP contribution >= 0.6 is 0 Å². The van der Waals surface area contributed by atoms with E-state index in [-0.39, 0.29) is 11.8 Å². The molecule has 3 rings (SSSR count). The molecule has 1 amide bonds. The molecule has 1 aromatic carbocycles. The largest absolute Gasteiger partial charge is 0.473 e. The minimum Gasteiger partial charge on any atom is -0.473 e. The number of carboxylic acids is 2. The first-order valence-corrected chi connectivity index (χ1v) is 11.0. The summed E-state index contributed by atoms with van der Waals surface area (Å²) in [6, 6.07) is 5.33. The van der Waals surface area contributed by atoms with E-state index in [1.54, 1.807) is 0 Å². The summed E-state index contributed by atoms with van der Waals surface area (Å²) in [5, 5.41) is 17.8. The Bertz CT molecular complexity index is 793. The average Bonchev–Trinajstić information content (AvgIpc) is 2.80. The summed E-state index contributed by atoms with van der Waals surface area (Å²) >= 11 is 0. The van der Waals surface area contributed by atoms with Crippen molar-refractivity contribution in [2.45, 2.75) is 25.6 Å². The van der Waals surface area contributed by atoms with E-state index in [4.69, 9.17) is 24.5 Å². The standard InChI is InChI=1S/C20H28F3N3O2.C2H2O4/c21-20(22,23)18-3-1-16(2-4-18)15-26-8-5-17(6-9-26)19(27)24-7-10-25-11-13-28-14-12-25;3-1(4)2(5)6/h1-4,17H,5-15H2,(H,24,27);(H,3,4)(H,5,6). The Balaban J connectivity index is 0.000000604. The number of halogens is 3. The number of aliphatic carboxylic acids is 2. The van der Waals surface area contributed by atoms with Crippen LogP contribution < -0.4 is 5.32 Å². The van der Waals surface area contributed by atoms with Crippen molar-refractivity contribution >= 4 is 17.8 Å². The van der Waals surface area contributed by atoms with E-state index in [1.807, 2.05) is 0 Å². The molecule has 0 saturated carbocycles. The van der Waals surface area contributed by atoms with Crippen LogP contribution in [0.4, 0.5) is 13.2 Å². The van der Waals surface area contributed by atoms with Gasteiger partial charge in [0.1, 0.15) is 0 Å². The zero-order chi connectivity index (χ0) is 25.1. The van der Waals surface area contributed by atoms with Gasteiger partial charge in [-0.05, 0) is 43.6 Å². The van der Waals surface area contributed by atoms with Crippen molar-refractivity contribution in [3.63, 3.8) is 0 Å². The van der Waals surface area contributed by atoms with Crippen LogP contribution in [0.15, 0.2) is 24.3 Å². The molecule has 3 N–H and O–H groups in total. The predicted octanol–water partition coefficient (Wildman–Crippen LogP) is 1.52. The fourth-order valence-electron chi connectivity index (χ4n) is 3.72. The summed E-state index contributed by atoms with van der Waals surface area (Å²) in [4.78, 5) is 35.0. The molecule has 0 aliphatic carbocycles. The molecular formula is C22H30F3N3O6. The molecule has 0 spiro atoms. The second-order valence-electron chi connectivity index (χ2n) is 8.10. The molecule has 2 aliphatic heterocycles. The number of ether oxygens (including phenoxy) is 1. The summed E-state index contributed by atoms with van der Waals surface area (Å²) < 4.78 is 43.2. The highest BCUT2D eigenvalue weighted by atomic mass is 19.4. The number of likely N-dealkylation sites (tertiary alicyclic amines) is 1. The van der Waals surface area contributed by atoms with Gasteiger partial charge in [0, 0.05) is 38.6 Å². The summed E-state index contributed by atoms with van der Waals surface area (Å²) in [6.07, 6.45) is -2.74. The van der Waals surface area contributed by atoms with Crippen molar-refractivity contribution in [1.82, 2.24) is 15.1 Å². The number of morpholine rings is 1. The number of hydrogen-bond donors (Lipinski definition) is 3. The Morgan fingerprint density at radius 1 is 0.941 bits per heavy atom. The number of carboxylic acid groups (broad SMARTS) is 2. The van der Waals surface area contributed by atoms with Crippen LogP contribution in [0.5, 0.6) is 0 Å². The molecule has 0 radical (unpaired) electrons. The fourth-order valence-corrected chi connectivity index (χ4v) is 3.72. The SMILES string of the molecule is O=C(NCCN1CCOCC1)C1CCN(Cc2ccc(C(F)(F)F)cc2)CC1.O=C(O)C(=O)O. The average molecular weight is 489 g/mol. The molecule has 9 nitrogen and oxygen atoms in total. The van der Waals surface area contributed by atoms with Crippen molar-refractivity contribution < 1.29 is 42.5 Å². The predicted molar refractivity (Wildman–Crippen MR) is 115 cm³/mol. The Kier molecular flexibility index (Phi) is 10.7. The van der Waals surface area contributed by atoms with Gasteiger partial charge in [-0.15, -0.1) is 0 Å². The Hall–Kier alpha value is -2.70. The van der Waals surface area contributed by atoms with Gasteiger partial charge in [-0.2, -0.15) is 13.2 Å². The topological polar surface area (TPSA) is 119 Å². The summed E-state index contributed by atoms with van der Waals surface area (Å²) in [7, 11) is 0. The van der Waals surface area contributed by atoms with Crippen LogP contribution in [0.3, 0.4) is 0 Å². The second kappa shape index (κ2) is 13.3. The first kappa shape index (κ1) is 27.5. The van der Waals surface area contributed by atoms with Crippen molar-refractivity contribution in [2.24, 2.45) is 5.92 Å². The van der Waals surface area contributed by atoms with Gasteiger partial charge in [0.05, 0.1) is 18.8 Å². The van der Waals surface area contributed by atoms with E-state index in [9.17, 15) is 18.0 Å². The number of alkyl halides is 3. The number of nitrogens with zero attached hydrogens (tertiary/aromatic N) is 2. The zero-order valence-electron chi connectivity index (χ0n) is 18.7. The maximum Gasteiger partial charge on any atom is 0.416 e. The molecule has 0 atom stereocenters. The van der Waals surface area contributed by atoms with Crippen LogP contribution in [0.1, 0.15) is 24.0 Å². The number of hydrogen-bond acceptors (Lipinski definition) is 6. The lowest BCUT2D eigenvalue weighted by molar-refractivity contribution is -0.159.